The number of benzene rings is 1. The van der Waals surface area contributed by atoms with Gasteiger partial charge < -0.3 is 19.5 Å². The average Bonchev–Trinajstić information content (AvgIpc) is 3.14. The van der Waals surface area contributed by atoms with Gasteiger partial charge in [0.2, 0.25) is 0 Å². The fraction of sp³-hybridized carbons (Fsp3) is 0.474. The van der Waals surface area contributed by atoms with E-state index in [1.807, 2.05) is 49.1 Å². The zero-order valence-corrected chi connectivity index (χ0v) is 14.6. The minimum atomic E-state index is -0.840. The third kappa shape index (κ3) is 2.35. The number of carbonyl (C=O) groups is 2. The zero-order valence-electron chi connectivity index (χ0n) is 14.6. The summed E-state index contributed by atoms with van der Waals surface area (Å²) in [6, 6.07) is 7.82. The molecule has 0 spiro atoms. The lowest BCUT2D eigenvalue weighted by atomic mass is 9.73. The topological polar surface area (TPSA) is 65.8 Å². The number of likely N-dealkylation sites (tertiary alicyclic amines) is 2. The lowest BCUT2D eigenvalue weighted by Gasteiger charge is -2.39. The van der Waals surface area contributed by atoms with Crippen molar-refractivity contribution < 1.29 is 14.7 Å². The minimum Gasteiger partial charge on any atom is -0.481 e. The van der Waals surface area contributed by atoms with Crippen molar-refractivity contribution in [1.82, 2.24) is 14.4 Å². The van der Waals surface area contributed by atoms with Crippen LogP contribution in [0.4, 0.5) is 0 Å². The Hall–Kier alpha value is -2.34. The van der Waals surface area contributed by atoms with E-state index in [1.165, 1.54) is 0 Å². The van der Waals surface area contributed by atoms with Crippen LogP contribution in [0.25, 0.3) is 10.9 Å². The van der Waals surface area contributed by atoms with E-state index in [0.29, 0.717) is 25.2 Å². The second-order valence-corrected chi connectivity index (χ2v) is 7.54. The third-order valence-corrected chi connectivity index (χ3v) is 5.95. The zero-order chi connectivity index (χ0) is 17.8. The Bertz CT molecular complexity index is 859. The Labute approximate surface area is 146 Å². The molecule has 25 heavy (non-hydrogen) atoms. The maximum Gasteiger partial charge on any atom is 0.313 e. The summed E-state index contributed by atoms with van der Waals surface area (Å²) in [6.45, 7) is 2.21. The molecule has 1 aromatic carbocycles. The first-order chi connectivity index (χ1) is 11.9. The van der Waals surface area contributed by atoms with Gasteiger partial charge in [-0.1, -0.05) is 18.2 Å². The number of carboxylic acids is 1. The monoisotopic (exact) mass is 341 g/mol. The number of hydrogen-bond donors (Lipinski definition) is 1. The predicted molar refractivity (Wildman–Crippen MR) is 94.5 cm³/mol. The average molecular weight is 341 g/mol. The van der Waals surface area contributed by atoms with Crippen LogP contribution in [0.1, 0.15) is 16.8 Å². The normalized spacial score (nSPS) is 26.8. The Morgan fingerprint density at radius 1 is 1.20 bits per heavy atom. The Morgan fingerprint density at radius 3 is 2.72 bits per heavy atom. The third-order valence-electron chi connectivity index (χ3n) is 5.95. The first-order valence-corrected chi connectivity index (χ1v) is 8.67. The Balaban J connectivity index is 1.69. The molecular weight excluding hydrogens is 318 g/mol. The molecule has 4 rings (SSSR count). The molecule has 2 fully saturated rings. The molecule has 1 N–H and O–H groups in total. The molecular formula is C19H23N3O3. The van der Waals surface area contributed by atoms with Crippen LogP contribution >= 0.6 is 0 Å². The molecule has 6 nitrogen and oxygen atoms in total. The van der Waals surface area contributed by atoms with Crippen LogP contribution < -0.4 is 0 Å². The smallest absolute Gasteiger partial charge is 0.313 e. The van der Waals surface area contributed by atoms with Crippen LogP contribution in [0.15, 0.2) is 30.5 Å². The number of carbonyl (C=O) groups excluding carboxylic acids is 1. The molecule has 0 aliphatic carbocycles. The summed E-state index contributed by atoms with van der Waals surface area (Å²) in [7, 11) is 3.88. The Kier molecular flexibility index (Phi) is 3.61. The Morgan fingerprint density at radius 2 is 1.96 bits per heavy atom. The highest BCUT2D eigenvalue weighted by Crippen LogP contribution is 2.42. The molecule has 2 aromatic rings. The van der Waals surface area contributed by atoms with Crippen molar-refractivity contribution in [2.24, 2.45) is 18.4 Å². The standard InChI is InChI=1S/C19H23N3O3/c1-20-8-7-13-9-22(12-19(13,11-20)18(24)25)17(23)15-10-21(2)16-6-4-3-5-14(15)16/h3-6,10,13H,7-9,11-12H2,1-2H3,(H,24,25)/t13-,19-/m0/s1. The van der Waals surface area contributed by atoms with Gasteiger partial charge in [-0.05, 0) is 32.0 Å². The fourth-order valence-corrected chi connectivity index (χ4v) is 4.61. The van der Waals surface area contributed by atoms with Crippen LogP contribution in [-0.4, -0.2) is 64.6 Å². The summed E-state index contributed by atoms with van der Waals surface area (Å²) in [4.78, 5) is 29.0. The van der Waals surface area contributed by atoms with Crippen molar-refractivity contribution in [3.8, 4) is 0 Å². The van der Waals surface area contributed by atoms with Gasteiger partial charge >= 0.3 is 5.97 Å². The summed E-state index contributed by atoms with van der Waals surface area (Å²) in [5.74, 6) is -0.813. The number of amides is 1. The fourth-order valence-electron chi connectivity index (χ4n) is 4.61. The molecule has 2 saturated heterocycles. The van der Waals surface area contributed by atoms with Gasteiger partial charge in [-0.15, -0.1) is 0 Å². The van der Waals surface area contributed by atoms with Gasteiger partial charge in [0.05, 0.1) is 5.56 Å². The molecule has 2 atom stereocenters. The van der Waals surface area contributed by atoms with E-state index < -0.39 is 11.4 Å². The molecule has 0 radical (unpaired) electrons. The van der Waals surface area contributed by atoms with Gasteiger partial charge in [0.25, 0.3) is 5.91 Å². The second kappa shape index (κ2) is 5.59. The summed E-state index contributed by atoms with van der Waals surface area (Å²) in [5.41, 5.74) is 0.827. The SMILES string of the molecule is CN1CC[C@H]2CN(C(=O)c3cn(C)c4ccccc34)C[C@@]2(C(=O)O)C1. The summed E-state index contributed by atoms with van der Waals surface area (Å²) < 4.78 is 1.95. The lowest BCUT2D eigenvalue weighted by Crippen LogP contribution is -2.52. The van der Waals surface area contributed by atoms with Crippen LogP contribution in [0.5, 0.6) is 0 Å². The van der Waals surface area contributed by atoms with E-state index in [1.54, 1.807) is 4.90 Å². The number of aromatic nitrogens is 1. The molecule has 3 heterocycles. The van der Waals surface area contributed by atoms with Crippen LogP contribution in [-0.2, 0) is 11.8 Å². The number of nitrogens with zero attached hydrogens (tertiary/aromatic N) is 3. The van der Waals surface area contributed by atoms with Gasteiger partial charge in [0, 0.05) is 43.8 Å². The maximum atomic E-state index is 13.2. The lowest BCUT2D eigenvalue weighted by molar-refractivity contribution is -0.153. The predicted octanol–water partition coefficient (Wildman–Crippen LogP) is 1.66. The number of rotatable bonds is 2. The van der Waals surface area contributed by atoms with Crippen molar-refractivity contribution in [2.75, 3.05) is 33.2 Å². The number of hydrogen-bond acceptors (Lipinski definition) is 3. The van der Waals surface area contributed by atoms with E-state index in [9.17, 15) is 14.7 Å². The first kappa shape index (κ1) is 16.1. The number of aliphatic carboxylic acids is 1. The van der Waals surface area contributed by atoms with E-state index in [4.69, 9.17) is 0 Å². The van der Waals surface area contributed by atoms with Crippen molar-refractivity contribution in [3.63, 3.8) is 0 Å². The van der Waals surface area contributed by atoms with E-state index in [2.05, 4.69) is 4.90 Å². The van der Waals surface area contributed by atoms with E-state index in [-0.39, 0.29) is 11.8 Å². The van der Waals surface area contributed by atoms with Crippen LogP contribution in [0.2, 0.25) is 0 Å². The van der Waals surface area contributed by atoms with Gasteiger partial charge in [-0.25, -0.2) is 0 Å². The number of para-hydroxylation sites is 1. The first-order valence-electron chi connectivity index (χ1n) is 8.67. The highest BCUT2D eigenvalue weighted by Gasteiger charge is 2.55. The van der Waals surface area contributed by atoms with Gasteiger partial charge in [-0.3, -0.25) is 9.59 Å². The van der Waals surface area contributed by atoms with Gasteiger partial charge in [0.15, 0.2) is 0 Å². The molecule has 6 heteroatoms. The molecule has 132 valence electrons. The highest BCUT2D eigenvalue weighted by atomic mass is 16.4. The summed E-state index contributed by atoms with van der Waals surface area (Å²) >= 11 is 0. The van der Waals surface area contributed by atoms with Gasteiger partial charge in [0.1, 0.15) is 5.41 Å². The van der Waals surface area contributed by atoms with E-state index in [0.717, 1.165) is 23.9 Å². The molecule has 1 aromatic heterocycles. The quantitative estimate of drug-likeness (QED) is 0.902. The van der Waals surface area contributed by atoms with Gasteiger partial charge in [-0.2, -0.15) is 0 Å². The largest absolute Gasteiger partial charge is 0.481 e. The highest BCUT2D eigenvalue weighted by molar-refractivity contribution is 6.07. The van der Waals surface area contributed by atoms with Crippen molar-refractivity contribution in [1.29, 1.82) is 0 Å². The molecule has 0 unspecified atom stereocenters. The molecule has 0 bridgehead atoms. The maximum absolute atomic E-state index is 13.2. The number of aryl methyl sites for hydroxylation is 1. The van der Waals surface area contributed by atoms with Crippen LogP contribution in [0, 0.1) is 11.3 Å². The summed E-state index contributed by atoms with van der Waals surface area (Å²) in [6.07, 6.45) is 2.68. The summed E-state index contributed by atoms with van der Waals surface area (Å²) in [5, 5.41) is 10.8. The number of carboxylic acid groups (broad SMARTS) is 1. The molecule has 2 aliphatic rings. The van der Waals surface area contributed by atoms with E-state index >= 15 is 0 Å². The number of fused-ring (bicyclic) bond motifs is 2. The van der Waals surface area contributed by atoms with Crippen molar-refractivity contribution in [3.05, 3.63) is 36.0 Å². The van der Waals surface area contributed by atoms with Crippen molar-refractivity contribution in [2.45, 2.75) is 6.42 Å². The van der Waals surface area contributed by atoms with Crippen molar-refractivity contribution >= 4 is 22.8 Å². The number of piperidine rings is 1. The molecule has 1 amide bonds. The molecule has 2 aliphatic heterocycles. The minimum absolute atomic E-state index is 0.0279. The van der Waals surface area contributed by atoms with Crippen LogP contribution in [0.3, 0.4) is 0 Å². The molecule has 0 saturated carbocycles. The second-order valence-electron chi connectivity index (χ2n) is 7.54.